The minimum atomic E-state index is 0.181. The number of aldehydes is 1. The number of carbonyl (C=O) groups excluding carboxylic acids is 1. The Morgan fingerprint density at radius 1 is 1.29 bits per heavy atom. The highest BCUT2D eigenvalue weighted by Gasteiger charge is 2.05. The normalized spacial score (nSPS) is 9.94. The molecule has 0 fully saturated rings. The Morgan fingerprint density at radius 2 is 2.00 bits per heavy atom. The predicted molar refractivity (Wildman–Crippen MR) is 63.8 cm³/mol. The quantitative estimate of drug-likeness (QED) is 0.808. The highest BCUT2D eigenvalue weighted by atomic mass is 16.5. The molecule has 2 rings (SSSR count). The van der Waals surface area contributed by atoms with E-state index < -0.39 is 0 Å². The summed E-state index contributed by atoms with van der Waals surface area (Å²) >= 11 is 0. The zero-order valence-electron chi connectivity index (χ0n) is 9.25. The summed E-state index contributed by atoms with van der Waals surface area (Å²) in [6.45, 7) is 0. The minimum absolute atomic E-state index is 0.181. The van der Waals surface area contributed by atoms with Crippen molar-refractivity contribution < 1.29 is 9.53 Å². The Morgan fingerprint density at radius 3 is 2.53 bits per heavy atom. The zero-order chi connectivity index (χ0) is 12.3. The Kier molecular flexibility index (Phi) is 3.00. The van der Waals surface area contributed by atoms with E-state index in [9.17, 15) is 4.79 Å². The second-order valence-electron chi connectivity index (χ2n) is 3.38. The molecular formula is C12H11N3O2. The van der Waals surface area contributed by atoms with Crippen molar-refractivity contribution in [2.24, 2.45) is 0 Å². The average Bonchev–Trinajstić information content (AvgIpc) is 2.39. The van der Waals surface area contributed by atoms with Crippen molar-refractivity contribution >= 4 is 12.1 Å². The fourth-order valence-electron chi connectivity index (χ4n) is 1.37. The van der Waals surface area contributed by atoms with Gasteiger partial charge in [-0.15, -0.1) is 0 Å². The van der Waals surface area contributed by atoms with Crippen LogP contribution in [-0.2, 0) is 0 Å². The van der Waals surface area contributed by atoms with Gasteiger partial charge in [-0.1, -0.05) is 0 Å². The highest BCUT2D eigenvalue weighted by molar-refractivity contribution is 5.81. The number of hydrogen-bond acceptors (Lipinski definition) is 5. The van der Waals surface area contributed by atoms with Gasteiger partial charge in [-0.3, -0.25) is 4.79 Å². The number of benzene rings is 1. The summed E-state index contributed by atoms with van der Waals surface area (Å²) in [6.07, 6.45) is 2.04. The molecule has 5 nitrogen and oxygen atoms in total. The lowest BCUT2D eigenvalue weighted by molar-refractivity contribution is 0.112. The van der Waals surface area contributed by atoms with Crippen molar-refractivity contribution in [2.45, 2.75) is 0 Å². The number of hydrogen-bond donors (Lipinski definition) is 1. The molecule has 0 aliphatic carbocycles. The summed E-state index contributed by atoms with van der Waals surface area (Å²) in [7, 11) is 1.60. The Balaban J connectivity index is 2.38. The second-order valence-corrected chi connectivity index (χ2v) is 3.38. The molecule has 0 atom stereocenters. The molecule has 2 aromatic rings. The lowest BCUT2D eigenvalue weighted by Crippen LogP contribution is -2.00. The van der Waals surface area contributed by atoms with E-state index in [2.05, 4.69) is 9.97 Å². The average molecular weight is 229 g/mol. The maximum absolute atomic E-state index is 10.6. The van der Waals surface area contributed by atoms with Crippen molar-refractivity contribution in [3.63, 3.8) is 0 Å². The van der Waals surface area contributed by atoms with Crippen LogP contribution in [0.1, 0.15) is 10.4 Å². The number of aromatic nitrogens is 2. The number of nitrogen functional groups attached to an aromatic ring is 1. The van der Waals surface area contributed by atoms with Crippen LogP contribution in [0.25, 0.3) is 11.4 Å². The van der Waals surface area contributed by atoms with Gasteiger partial charge in [-0.05, 0) is 24.3 Å². The third-order valence-electron chi connectivity index (χ3n) is 2.32. The van der Waals surface area contributed by atoms with Gasteiger partial charge < -0.3 is 10.5 Å². The van der Waals surface area contributed by atoms with Crippen LogP contribution in [0.3, 0.4) is 0 Å². The number of rotatable bonds is 3. The fourth-order valence-corrected chi connectivity index (χ4v) is 1.37. The summed E-state index contributed by atoms with van der Waals surface area (Å²) in [5.41, 5.74) is 6.73. The Labute approximate surface area is 98.3 Å². The molecule has 0 aliphatic rings. The van der Waals surface area contributed by atoms with Crippen LogP contribution in [0.5, 0.6) is 5.75 Å². The predicted octanol–water partition coefficient (Wildman–Crippen LogP) is 1.55. The summed E-state index contributed by atoms with van der Waals surface area (Å²) in [4.78, 5) is 18.7. The molecule has 0 saturated heterocycles. The minimum Gasteiger partial charge on any atom is -0.497 e. The third kappa shape index (κ3) is 2.23. The number of ether oxygens (including phenoxy) is 1. The second kappa shape index (κ2) is 4.61. The smallest absolute Gasteiger partial charge is 0.161 e. The van der Waals surface area contributed by atoms with E-state index in [4.69, 9.17) is 10.5 Å². The van der Waals surface area contributed by atoms with Crippen LogP contribution in [0.4, 0.5) is 5.82 Å². The van der Waals surface area contributed by atoms with E-state index in [-0.39, 0.29) is 5.82 Å². The maximum atomic E-state index is 10.6. The SMILES string of the molecule is COc1ccc(-c2ncc(C=O)c(N)n2)cc1. The van der Waals surface area contributed by atoms with Crippen LogP contribution in [0, 0.1) is 0 Å². The van der Waals surface area contributed by atoms with Gasteiger partial charge in [0.05, 0.1) is 12.7 Å². The molecule has 1 heterocycles. The third-order valence-corrected chi connectivity index (χ3v) is 2.32. The largest absolute Gasteiger partial charge is 0.497 e. The van der Waals surface area contributed by atoms with Gasteiger partial charge in [-0.2, -0.15) is 0 Å². The van der Waals surface area contributed by atoms with Crippen LogP contribution >= 0.6 is 0 Å². The summed E-state index contributed by atoms with van der Waals surface area (Å²) in [6, 6.07) is 7.27. The molecule has 2 N–H and O–H groups in total. The molecule has 17 heavy (non-hydrogen) atoms. The number of methoxy groups -OCH3 is 1. The number of nitrogens with zero attached hydrogens (tertiary/aromatic N) is 2. The van der Waals surface area contributed by atoms with Crippen molar-refractivity contribution in [2.75, 3.05) is 12.8 Å². The summed E-state index contributed by atoms with van der Waals surface area (Å²) in [5, 5.41) is 0. The molecule has 0 bridgehead atoms. The molecule has 0 unspecified atom stereocenters. The van der Waals surface area contributed by atoms with E-state index >= 15 is 0 Å². The molecule has 1 aromatic heterocycles. The molecule has 0 amide bonds. The van der Waals surface area contributed by atoms with Crippen LogP contribution in [0.15, 0.2) is 30.5 Å². The van der Waals surface area contributed by atoms with Crippen molar-refractivity contribution in [1.29, 1.82) is 0 Å². The zero-order valence-corrected chi connectivity index (χ0v) is 9.25. The fraction of sp³-hybridized carbons (Fsp3) is 0.0833. The van der Waals surface area contributed by atoms with E-state index in [1.54, 1.807) is 7.11 Å². The van der Waals surface area contributed by atoms with Crippen LogP contribution in [-0.4, -0.2) is 23.4 Å². The molecule has 0 aliphatic heterocycles. The number of nitrogens with two attached hydrogens (primary N) is 1. The molecule has 1 aromatic carbocycles. The molecule has 86 valence electrons. The van der Waals surface area contributed by atoms with Gasteiger partial charge in [0.2, 0.25) is 0 Å². The Hall–Kier alpha value is -2.43. The van der Waals surface area contributed by atoms with E-state index in [1.165, 1.54) is 6.20 Å². The van der Waals surface area contributed by atoms with E-state index in [0.29, 0.717) is 17.7 Å². The Bertz CT molecular complexity index is 538. The summed E-state index contributed by atoms with van der Waals surface area (Å²) < 4.78 is 5.05. The topological polar surface area (TPSA) is 78.1 Å². The first-order valence-electron chi connectivity index (χ1n) is 4.96. The van der Waals surface area contributed by atoms with Crippen LogP contribution < -0.4 is 10.5 Å². The van der Waals surface area contributed by atoms with Gasteiger partial charge in [-0.25, -0.2) is 9.97 Å². The monoisotopic (exact) mass is 229 g/mol. The van der Waals surface area contributed by atoms with Gasteiger partial charge in [0.25, 0.3) is 0 Å². The van der Waals surface area contributed by atoms with Gasteiger partial charge >= 0.3 is 0 Å². The first kappa shape index (κ1) is 11.1. The van der Waals surface area contributed by atoms with Crippen molar-refractivity contribution in [3.8, 4) is 17.1 Å². The molecule has 5 heteroatoms. The van der Waals surface area contributed by atoms with E-state index in [1.807, 2.05) is 24.3 Å². The van der Waals surface area contributed by atoms with Gasteiger partial charge in [0.1, 0.15) is 11.6 Å². The van der Waals surface area contributed by atoms with E-state index in [0.717, 1.165) is 11.3 Å². The summed E-state index contributed by atoms with van der Waals surface area (Å²) in [5.74, 6) is 1.42. The first-order valence-corrected chi connectivity index (χ1v) is 4.96. The van der Waals surface area contributed by atoms with Crippen molar-refractivity contribution in [1.82, 2.24) is 9.97 Å². The van der Waals surface area contributed by atoms with Crippen molar-refractivity contribution in [3.05, 3.63) is 36.0 Å². The highest BCUT2D eigenvalue weighted by Crippen LogP contribution is 2.20. The lowest BCUT2D eigenvalue weighted by atomic mass is 10.2. The molecule has 0 saturated carbocycles. The van der Waals surface area contributed by atoms with Crippen LogP contribution in [0.2, 0.25) is 0 Å². The first-order chi connectivity index (χ1) is 8.24. The number of carbonyl (C=O) groups is 1. The standard InChI is InChI=1S/C12H11N3O2/c1-17-10-4-2-8(3-5-10)12-14-6-9(7-16)11(13)15-12/h2-7H,1H3,(H2,13,14,15). The molecule has 0 radical (unpaired) electrons. The van der Waals surface area contributed by atoms with Gasteiger partial charge in [0, 0.05) is 11.8 Å². The molecule has 0 spiro atoms. The van der Waals surface area contributed by atoms with Gasteiger partial charge in [0.15, 0.2) is 12.1 Å². The lowest BCUT2D eigenvalue weighted by Gasteiger charge is -2.04. The maximum Gasteiger partial charge on any atom is 0.161 e. The molecular weight excluding hydrogens is 218 g/mol. The number of anilines is 1.